The van der Waals surface area contributed by atoms with Crippen LogP contribution in [0.2, 0.25) is 0 Å². The smallest absolute Gasteiger partial charge is 0.242 e. The Morgan fingerprint density at radius 1 is 1.15 bits per heavy atom. The van der Waals surface area contributed by atoms with E-state index in [-0.39, 0.29) is 30.3 Å². The number of hydrogen-bond donors (Lipinski definition) is 1. The molecule has 2 bridgehead atoms. The zero-order chi connectivity index (χ0) is 14.9. The van der Waals surface area contributed by atoms with Crippen molar-refractivity contribution in [3.63, 3.8) is 0 Å². The molecule has 20 heavy (non-hydrogen) atoms. The molecule has 2 aliphatic carbocycles. The van der Waals surface area contributed by atoms with E-state index < -0.39 is 0 Å². The van der Waals surface area contributed by atoms with Crippen molar-refractivity contribution >= 4 is 11.8 Å². The number of fused-ring (bicyclic) bond motifs is 2. The normalized spacial score (nSPS) is 31.4. The monoisotopic (exact) mass is 281 g/mol. The lowest BCUT2D eigenvalue weighted by Crippen LogP contribution is -2.48. The van der Waals surface area contributed by atoms with Gasteiger partial charge in [0.1, 0.15) is 0 Å². The Balaban J connectivity index is 1.94. The molecule has 0 aromatic heterocycles. The lowest BCUT2D eigenvalue weighted by atomic mass is 9.84. The van der Waals surface area contributed by atoms with Crippen molar-refractivity contribution in [2.45, 2.75) is 39.2 Å². The highest BCUT2D eigenvalue weighted by Crippen LogP contribution is 2.48. The molecule has 2 amide bonds. The Hall–Kier alpha value is -1.10. The highest BCUT2D eigenvalue weighted by atomic mass is 16.2. The quantitative estimate of drug-likeness (QED) is 0.806. The number of carbonyl (C=O) groups is 2. The van der Waals surface area contributed by atoms with Crippen molar-refractivity contribution in [3.05, 3.63) is 0 Å². The SMILES string of the molecule is CCN(CC)C(=O)CN(C)C(=O)[C@H]1[C@H]2CC[C@@H](C2)[C@H]1N. The van der Waals surface area contributed by atoms with Gasteiger partial charge in [0.05, 0.1) is 12.5 Å². The van der Waals surface area contributed by atoms with Gasteiger partial charge in [0, 0.05) is 26.2 Å². The minimum Gasteiger partial charge on any atom is -0.342 e. The van der Waals surface area contributed by atoms with Crippen molar-refractivity contribution in [2.24, 2.45) is 23.5 Å². The minimum absolute atomic E-state index is 0.00717. The summed E-state index contributed by atoms with van der Waals surface area (Å²) in [6.45, 7) is 5.45. The fourth-order valence-corrected chi connectivity index (χ4v) is 3.91. The number of hydrogen-bond acceptors (Lipinski definition) is 3. The number of amides is 2. The van der Waals surface area contributed by atoms with Crippen molar-refractivity contribution in [2.75, 3.05) is 26.7 Å². The van der Waals surface area contributed by atoms with E-state index in [0.717, 1.165) is 19.3 Å². The van der Waals surface area contributed by atoms with Crippen LogP contribution in [0.15, 0.2) is 0 Å². The van der Waals surface area contributed by atoms with E-state index >= 15 is 0 Å². The molecule has 0 aromatic carbocycles. The molecule has 4 atom stereocenters. The van der Waals surface area contributed by atoms with E-state index in [1.54, 1.807) is 16.8 Å². The van der Waals surface area contributed by atoms with Crippen molar-refractivity contribution in [1.82, 2.24) is 9.80 Å². The Labute approximate surface area is 121 Å². The molecular formula is C15H27N3O2. The molecule has 2 saturated carbocycles. The maximum atomic E-state index is 12.6. The molecule has 114 valence electrons. The van der Waals surface area contributed by atoms with Crippen LogP contribution in [0.3, 0.4) is 0 Å². The molecule has 5 heteroatoms. The lowest BCUT2D eigenvalue weighted by molar-refractivity contribution is -0.143. The Bertz CT molecular complexity index is 379. The molecule has 2 aliphatic rings. The highest BCUT2D eigenvalue weighted by molar-refractivity contribution is 5.86. The van der Waals surface area contributed by atoms with E-state index in [4.69, 9.17) is 5.73 Å². The Morgan fingerprint density at radius 3 is 2.25 bits per heavy atom. The molecule has 2 fully saturated rings. The zero-order valence-electron chi connectivity index (χ0n) is 12.8. The molecule has 0 unspecified atom stereocenters. The second-order valence-electron chi connectivity index (χ2n) is 6.20. The average Bonchev–Trinajstić information content (AvgIpc) is 3.00. The van der Waals surface area contributed by atoms with E-state index in [1.807, 2.05) is 13.8 Å². The molecule has 0 heterocycles. The van der Waals surface area contributed by atoms with Gasteiger partial charge in [0.2, 0.25) is 11.8 Å². The predicted molar refractivity (Wildman–Crippen MR) is 77.9 cm³/mol. The number of nitrogens with zero attached hydrogens (tertiary/aromatic N) is 2. The van der Waals surface area contributed by atoms with Gasteiger partial charge < -0.3 is 15.5 Å². The third kappa shape index (κ3) is 2.68. The van der Waals surface area contributed by atoms with Crippen LogP contribution in [0.25, 0.3) is 0 Å². The zero-order valence-corrected chi connectivity index (χ0v) is 12.8. The maximum Gasteiger partial charge on any atom is 0.242 e. The number of likely N-dealkylation sites (N-methyl/N-ethyl adjacent to an activating group) is 2. The van der Waals surface area contributed by atoms with Crippen molar-refractivity contribution in [1.29, 1.82) is 0 Å². The first-order chi connectivity index (χ1) is 9.49. The highest BCUT2D eigenvalue weighted by Gasteiger charge is 2.49. The molecule has 0 radical (unpaired) electrons. The van der Waals surface area contributed by atoms with Crippen LogP contribution in [0, 0.1) is 17.8 Å². The summed E-state index contributed by atoms with van der Waals surface area (Å²) in [5.74, 6) is 0.963. The van der Waals surface area contributed by atoms with Crippen LogP contribution in [0.5, 0.6) is 0 Å². The first kappa shape index (κ1) is 15.3. The summed E-state index contributed by atoms with van der Waals surface area (Å²) in [5, 5.41) is 0. The van der Waals surface area contributed by atoms with E-state index in [0.29, 0.717) is 24.9 Å². The molecule has 0 saturated heterocycles. The average molecular weight is 281 g/mol. The number of rotatable bonds is 5. The minimum atomic E-state index is -0.0664. The Morgan fingerprint density at radius 2 is 1.75 bits per heavy atom. The van der Waals surface area contributed by atoms with Gasteiger partial charge in [-0.2, -0.15) is 0 Å². The number of carbonyl (C=O) groups excluding carboxylic acids is 2. The summed E-state index contributed by atoms with van der Waals surface area (Å²) in [5.41, 5.74) is 6.20. The third-order valence-electron chi connectivity index (χ3n) is 5.13. The van der Waals surface area contributed by atoms with Crippen LogP contribution in [-0.4, -0.2) is 54.3 Å². The summed E-state index contributed by atoms with van der Waals surface area (Å²) >= 11 is 0. The van der Waals surface area contributed by atoms with Gasteiger partial charge in [0.25, 0.3) is 0 Å². The molecular weight excluding hydrogens is 254 g/mol. The van der Waals surface area contributed by atoms with Gasteiger partial charge in [-0.1, -0.05) is 0 Å². The van der Waals surface area contributed by atoms with Crippen LogP contribution >= 0.6 is 0 Å². The van der Waals surface area contributed by atoms with Crippen molar-refractivity contribution in [3.8, 4) is 0 Å². The van der Waals surface area contributed by atoms with E-state index in [9.17, 15) is 9.59 Å². The summed E-state index contributed by atoms with van der Waals surface area (Å²) in [7, 11) is 1.72. The molecule has 0 aromatic rings. The molecule has 0 aliphatic heterocycles. The van der Waals surface area contributed by atoms with Gasteiger partial charge >= 0.3 is 0 Å². The predicted octanol–water partition coefficient (Wildman–Crippen LogP) is 0.687. The van der Waals surface area contributed by atoms with E-state index in [2.05, 4.69) is 0 Å². The van der Waals surface area contributed by atoms with Crippen molar-refractivity contribution < 1.29 is 9.59 Å². The number of nitrogens with two attached hydrogens (primary N) is 1. The van der Waals surface area contributed by atoms with Crippen LogP contribution in [-0.2, 0) is 9.59 Å². The van der Waals surface area contributed by atoms with Crippen LogP contribution in [0.4, 0.5) is 0 Å². The van der Waals surface area contributed by atoms with Crippen LogP contribution < -0.4 is 5.73 Å². The first-order valence-electron chi connectivity index (χ1n) is 7.77. The lowest BCUT2D eigenvalue weighted by Gasteiger charge is -2.31. The standard InChI is InChI=1S/C15H27N3O2/c1-4-18(5-2)12(19)9-17(3)15(20)13-10-6-7-11(8-10)14(13)16/h10-11,13-14H,4-9,16H2,1-3H3/t10-,11-,13-,14+/m0/s1. The second-order valence-corrected chi connectivity index (χ2v) is 6.20. The summed E-state index contributed by atoms with van der Waals surface area (Å²) < 4.78 is 0. The maximum absolute atomic E-state index is 12.6. The molecule has 2 N–H and O–H groups in total. The fourth-order valence-electron chi connectivity index (χ4n) is 3.91. The summed E-state index contributed by atoms with van der Waals surface area (Å²) in [6.07, 6.45) is 3.37. The topological polar surface area (TPSA) is 66.6 Å². The first-order valence-corrected chi connectivity index (χ1v) is 7.77. The molecule has 5 nitrogen and oxygen atoms in total. The molecule has 0 spiro atoms. The van der Waals surface area contributed by atoms with Gasteiger partial charge in [-0.3, -0.25) is 9.59 Å². The van der Waals surface area contributed by atoms with Gasteiger partial charge in [-0.25, -0.2) is 0 Å². The molecule has 2 rings (SSSR count). The largest absolute Gasteiger partial charge is 0.342 e. The van der Waals surface area contributed by atoms with E-state index in [1.165, 1.54) is 0 Å². The van der Waals surface area contributed by atoms with Gasteiger partial charge in [-0.15, -0.1) is 0 Å². The van der Waals surface area contributed by atoms with Crippen LogP contribution in [0.1, 0.15) is 33.1 Å². The van der Waals surface area contributed by atoms with Gasteiger partial charge in [-0.05, 0) is 44.9 Å². The second kappa shape index (κ2) is 6.12. The summed E-state index contributed by atoms with van der Waals surface area (Å²) in [6, 6.07) is -0.00717. The summed E-state index contributed by atoms with van der Waals surface area (Å²) in [4.78, 5) is 28.0. The Kier molecular flexibility index (Phi) is 4.68. The third-order valence-corrected chi connectivity index (χ3v) is 5.13. The fraction of sp³-hybridized carbons (Fsp3) is 0.867. The van der Waals surface area contributed by atoms with Gasteiger partial charge in [0.15, 0.2) is 0 Å².